The van der Waals surface area contributed by atoms with E-state index in [1.165, 1.54) is 11.6 Å². The molecule has 3 aromatic heterocycles. The molecule has 2 N–H and O–H groups in total. The molecule has 65 heavy (non-hydrogen) atoms. The Kier molecular flexibility index (Phi) is 15.5. The van der Waals surface area contributed by atoms with E-state index in [-0.39, 0.29) is 73.1 Å². The Labute approximate surface area is 382 Å². The molecule has 16 nitrogen and oxygen atoms in total. The third kappa shape index (κ3) is 12.7. The first-order chi connectivity index (χ1) is 31.1. The van der Waals surface area contributed by atoms with Crippen molar-refractivity contribution in [2.24, 2.45) is 5.41 Å². The maximum absolute atomic E-state index is 14.0. The smallest absolute Gasteiger partial charge is 0.472 e. The summed E-state index contributed by atoms with van der Waals surface area (Å²) in [7, 11) is -4.55. The molecule has 2 fully saturated rings. The summed E-state index contributed by atoms with van der Waals surface area (Å²) in [5.41, 5.74) is 27.6. The van der Waals surface area contributed by atoms with E-state index < -0.39 is 26.3 Å². The Morgan fingerprint density at radius 3 is 2.38 bits per heavy atom. The summed E-state index contributed by atoms with van der Waals surface area (Å²) >= 11 is 3.35. The zero-order chi connectivity index (χ0) is 46.7. The van der Waals surface area contributed by atoms with Crippen molar-refractivity contribution in [1.29, 1.82) is 0 Å². The second-order valence-electron chi connectivity index (χ2n) is 15.2. The number of ether oxygens (including phenoxy) is 1. The van der Waals surface area contributed by atoms with Gasteiger partial charge in [-0.1, -0.05) is 24.8 Å². The molecule has 1 aromatic carbocycles. The van der Waals surface area contributed by atoms with Crippen LogP contribution in [0.25, 0.3) is 22.0 Å². The van der Waals surface area contributed by atoms with Crippen molar-refractivity contribution in [3.05, 3.63) is 134 Å². The fourth-order valence-electron chi connectivity index (χ4n) is 7.02. The van der Waals surface area contributed by atoms with Crippen LogP contribution in [0.4, 0.5) is 5.82 Å². The molecule has 1 saturated carbocycles. The van der Waals surface area contributed by atoms with Crippen LogP contribution in [-0.2, 0) is 45.7 Å². The number of nitrogens with zero attached hydrogens (tertiary/aromatic N) is 6. The lowest BCUT2D eigenvalue weighted by atomic mass is 10.0. The number of hydrogen-bond donors (Lipinski definition) is 2. The second-order valence-corrected chi connectivity index (χ2v) is 17.5. The zero-order valence-corrected chi connectivity index (χ0v) is 38.3. The Hall–Kier alpha value is -6.87. The number of ketones is 2. The van der Waals surface area contributed by atoms with E-state index in [4.69, 9.17) is 13.8 Å². The van der Waals surface area contributed by atoms with Crippen molar-refractivity contribution in [3.63, 3.8) is 0 Å². The normalized spacial score (nSPS) is 17.4. The first-order valence-corrected chi connectivity index (χ1v) is 22.3. The zero-order valence-electron chi connectivity index (χ0n) is 35.8. The number of fused-ring (bicyclic) bond motifs is 2. The highest BCUT2D eigenvalue weighted by atomic mass is 79.9. The van der Waals surface area contributed by atoms with Gasteiger partial charge in [-0.25, -0.2) is 19.5 Å². The fraction of sp³-hybridized carbons (Fsp3) is 0.319. The lowest BCUT2D eigenvalue weighted by Gasteiger charge is -2.27. The molecule has 1 aliphatic heterocycles. The molecule has 1 unspecified atom stereocenters. The lowest BCUT2D eigenvalue weighted by Crippen LogP contribution is -2.47. The number of pyridine rings is 1. The lowest BCUT2D eigenvalue weighted by molar-refractivity contribution is -0.138. The minimum atomic E-state index is -4.55. The van der Waals surface area contributed by atoms with Crippen LogP contribution in [0.2, 0.25) is 0 Å². The number of anilines is 1. The predicted octanol–water partition coefficient (Wildman–Crippen LogP) is 6.92. The molecular weight excluding hydrogens is 917 g/mol. The average molecular weight is 959 g/mol. The maximum atomic E-state index is 14.0. The van der Waals surface area contributed by atoms with E-state index in [2.05, 4.69) is 112 Å². The Morgan fingerprint density at radius 2 is 1.68 bits per heavy atom. The molecule has 6 rings (SSSR count). The number of carbonyl (C=O) groups excluding carboxylic acids is 4. The third-order valence-electron chi connectivity index (χ3n) is 10.4. The number of phosphoric acid groups is 1. The first kappa shape index (κ1) is 47.6. The summed E-state index contributed by atoms with van der Waals surface area (Å²) in [6.07, 6.45) is 4.54. The molecule has 1 saturated heterocycles. The summed E-state index contributed by atoms with van der Waals surface area (Å²) in [5.74, 6) is -0.299. The van der Waals surface area contributed by atoms with Crippen molar-refractivity contribution in [2.75, 3.05) is 25.1 Å². The van der Waals surface area contributed by atoms with Gasteiger partial charge in [0.2, 0.25) is 11.8 Å². The highest BCUT2D eigenvalue weighted by Gasteiger charge is 2.64. The standard InChI is InChI=1S/C47H41BrN7O9P/c1-6-7-8-9-10-11-12-13-14-15-32(3)62-22-23-63-65(60,61)64-30-36(57)18-21-42-49-27-35(28-50-42)34-17-19-38-37(24-34)44(33(4)56)53-54(38)29-43(58)55-39(25-47(5)26-40(47)55)46(59)52-45-31(2)16-20-41(48)51-45/h16-17,19-20,24,27-28,39-40H,1,18,21-23,25-26,29-30H2,2-5H3,(H,60,61)(H,51,52,59)/t39-,40+,47-/m0/s1. The van der Waals surface area contributed by atoms with Gasteiger partial charge in [0, 0.05) is 56.1 Å². The van der Waals surface area contributed by atoms with Crippen LogP contribution in [0.5, 0.6) is 0 Å². The molecular formula is C47H41BrN7O9P. The molecule has 0 bridgehead atoms. The number of benzene rings is 1. The number of allylic oxidation sites excluding steroid dienone is 1. The van der Waals surface area contributed by atoms with E-state index in [0.29, 0.717) is 44.7 Å². The van der Waals surface area contributed by atoms with Crippen LogP contribution in [0.1, 0.15) is 61.9 Å². The quantitative estimate of drug-likeness (QED) is 0.0276. The van der Waals surface area contributed by atoms with Gasteiger partial charge in [0.15, 0.2) is 11.6 Å². The number of hydrogen-bond acceptors (Lipinski definition) is 12. The minimum absolute atomic E-state index is 0.0705. The van der Waals surface area contributed by atoms with Gasteiger partial charge in [-0.3, -0.25) is 32.9 Å². The number of piperidine rings is 1. The third-order valence-corrected chi connectivity index (χ3v) is 11.8. The Balaban J connectivity index is 1.02. The molecule has 0 spiro atoms. The van der Waals surface area contributed by atoms with Crippen molar-refractivity contribution < 1.29 is 42.4 Å². The number of nitrogens with one attached hydrogen (secondary N) is 1. The first-order valence-electron chi connectivity index (χ1n) is 20.0. The van der Waals surface area contributed by atoms with Crippen LogP contribution in [0.15, 0.2) is 117 Å². The number of aryl methyl sites for hydroxylation is 2. The highest BCUT2D eigenvalue weighted by Crippen LogP contribution is 2.59. The molecule has 2 aliphatic rings. The number of carbonyl (C=O) groups is 4. The monoisotopic (exact) mass is 957 g/mol. The van der Waals surface area contributed by atoms with Crippen molar-refractivity contribution in [1.82, 2.24) is 29.6 Å². The van der Waals surface area contributed by atoms with Crippen LogP contribution in [-0.4, -0.2) is 89.8 Å². The number of amides is 2. The van der Waals surface area contributed by atoms with Crippen LogP contribution in [0.3, 0.4) is 0 Å². The molecule has 2 amide bonds. The molecule has 18 heteroatoms. The van der Waals surface area contributed by atoms with E-state index in [9.17, 15) is 28.6 Å². The van der Waals surface area contributed by atoms with E-state index in [0.717, 1.165) is 12.0 Å². The topological polar surface area (TPSA) is 205 Å². The van der Waals surface area contributed by atoms with E-state index >= 15 is 0 Å². The molecule has 1 aliphatic carbocycles. The van der Waals surface area contributed by atoms with Gasteiger partial charge < -0.3 is 19.8 Å². The summed E-state index contributed by atoms with van der Waals surface area (Å²) in [6, 6.07) is 8.21. The number of phosphoric ester groups is 1. The number of rotatable bonds is 17. The average Bonchev–Trinajstić information content (AvgIpc) is 3.64. The van der Waals surface area contributed by atoms with E-state index in [1.807, 2.05) is 13.0 Å². The number of halogens is 1. The van der Waals surface area contributed by atoms with Crippen molar-refractivity contribution in [3.8, 4) is 11.1 Å². The second kappa shape index (κ2) is 21.2. The van der Waals surface area contributed by atoms with Gasteiger partial charge in [-0.15, -0.1) is 0 Å². The fourth-order valence-corrected chi connectivity index (χ4v) is 8.02. The molecule has 4 aromatic rings. The maximum Gasteiger partial charge on any atom is 0.472 e. The largest absolute Gasteiger partial charge is 0.487 e. The Morgan fingerprint density at radius 1 is 0.969 bits per heavy atom. The SMILES string of the molecule is C=C=C=C=C=C=C=C=C=C=C=C(C)OCCOP(=O)(O)OCC(=O)CCc1ncc(-c2ccc3c(c2)c(C(C)=O)nn3CC(=O)N2[C@H](C(=O)Nc3nc(Br)ccc3C)C[C@@]3(C)C[C@@H]23)cn1. The number of likely N-dealkylation sites (tertiary alicyclic amines) is 1. The van der Waals surface area contributed by atoms with E-state index in [1.54, 1.807) is 48.5 Å². The van der Waals surface area contributed by atoms with Crippen molar-refractivity contribution in [2.45, 2.75) is 72.0 Å². The number of aromatic nitrogens is 5. The summed E-state index contributed by atoms with van der Waals surface area (Å²) in [5, 5.41) is 7.99. The summed E-state index contributed by atoms with van der Waals surface area (Å²) in [6.45, 7) is 8.94. The highest BCUT2D eigenvalue weighted by molar-refractivity contribution is 9.10. The van der Waals surface area contributed by atoms with Gasteiger partial charge in [0.25, 0.3) is 0 Å². The van der Waals surface area contributed by atoms with Crippen LogP contribution < -0.4 is 5.32 Å². The van der Waals surface area contributed by atoms with Crippen molar-refractivity contribution >= 4 is 63.9 Å². The van der Waals surface area contributed by atoms with Gasteiger partial charge in [-0.2, -0.15) is 5.10 Å². The minimum Gasteiger partial charge on any atom is -0.487 e. The molecule has 4 heterocycles. The van der Waals surface area contributed by atoms with Crippen LogP contribution >= 0.6 is 23.8 Å². The molecule has 4 atom stereocenters. The van der Waals surface area contributed by atoms with Gasteiger partial charge in [0.1, 0.15) is 53.5 Å². The number of Topliss-reactive ketones (excluding diaryl/α,β-unsaturated/α-hetero) is 2. The van der Waals surface area contributed by atoms with Gasteiger partial charge in [0.05, 0.1) is 12.1 Å². The predicted molar refractivity (Wildman–Crippen MR) is 239 cm³/mol. The van der Waals surface area contributed by atoms with Crippen LogP contribution in [0, 0.1) is 12.3 Å². The molecule has 0 radical (unpaired) electrons. The Bertz CT molecular complexity index is 3050. The summed E-state index contributed by atoms with van der Waals surface area (Å²) in [4.78, 5) is 77.7. The molecule has 330 valence electrons. The van der Waals surface area contributed by atoms with Gasteiger partial charge in [-0.05, 0) is 129 Å². The van der Waals surface area contributed by atoms with Gasteiger partial charge >= 0.3 is 7.82 Å². The summed E-state index contributed by atoms with van der Waals surface area (Å²) < 4.78 is 29.4.